The van der Waals surface area contributed by atoms with E-state index in [-0.39, 0.29) is 6.04 Å². The van der Waals surface area contributed by atoms with Crippen molar-refractivity contribution in [2.75, 3.05) is 13.7 Å². The second kappa shape index (κ2) is 5.89. The summed E-state index contributed by atoms with van der Waals surface area (Å²) in [6, 6.07) is 11.0. The minimum absolute atomic E-state index is 0.0744. The maximum atomic E-state index is 12.9. The van der Waals surface area contributed by atoms with E-state index in [0.717, 1.165) is 35.8 Å². The SMILES string of the molecule is COc1ccc2cc(S(=O)(=O)N3CCCC[C@H]3C)ccc2c1. The quantitative estimate of drug-likeness (QED) is 0.871. The van der Waals surface area contributed by atoms with Crippen molar-refractivity contribution in [1.29, 1.82) is 0 Å². The monoisotopic (exact) mass is 319 g/mol. The third kappa shape index (κ3) is 2.71. The molecule has 0 amide bonds. The van der Waals surface area contributed by atoms with Gasteiger partial charge in [0.2, 0.25) is 10.0 Å². The zero-order valence-corrected chi connectivity index (χ0v) is 13.8. The van der Waals surface area contributed by atoms with Crippen LogP contribution < -0.4 is 4.74 Å². The molecule has 1 aliphatic heterocycles. The molecule has 4 nitrogen and oxygen atoms in total. The molecule has 118 valence electrons. The van der Waals surface area contributed by atoms with E-state index in [1.807, 2.05) is 31.2 Å². The van der Waals surface area contributed by atoms with Crippen LogP contribution in [0.1, 0.15) is 26.2 Å². The lowest BCUT2D eigenvalue weighted by Gasteiger charge is -2.32. The average molecular weight is 319 g/mol. The van der Waals surface area contributed by atoms with E-state index in [4.69, 9.17) is 4.74 Å². The van der Waals surface area contributed by atoms with Crippen LogP contribution in [0.25, 0.3) is 10.8 Å². The number of benzene rings is 2. The van der Waals surface area contributed by atoms with E-state index >= 15 is 0 Å². The van der Waals surface area contributed by atoms with Gasteiger partial charge in [-0.1, -0.05) is 18.6 Å². The largest absolute Gasteiger partial charge is 0.497 e. The summed E-state index contributed by atoms with van der Waals surface area (Å²) in [6.45, 7) is 2.60. The standard InChI is InChI=1S/C17H21NO3S/c1-13-5-3-4-10-18(13)22(19,20)17-9-7-14-11-16(21-2)8-6-15(14)12-17/h6-9,11-13H,3-5,10H2,1-2H3/t13-/m1/s1. The molecule has 1 heterocycles. The lowest BCUT2D eigenvalue weighted by Crippen LogP contribution is -2.41. The van der Waals surface area contributed by atoms with E-state index < -0.39 is 10.0 Å². The Bertz CT molecular complexity index is 786. The highest BCUT2D eigenvalue weighted by molar-refractivity contribution is 7.89. The Balaban J connectivity index is 2.01. The van der Waals surface area contributed by atoms with Gasteiger partial charge in [0.05, 0.1) is 12.0 Å². The van der Waals surface area contributed by atoms with Crippen LogP contribution in [0.4, 0.5) is 0 Å². The molecule has 0 radical (unpaired) electrons. The Kier molecular flexibility index (Phi) is 4.10. The molecule has 1 fully saturated rings. The fourth-order valence-corrected chi connectivity index (χ4v) is 4.79. The summed E-state index contributed by atoms with van der Waals surface area (Å²) in [6.07, 6.45) is 2.98. The number of methoxy groups -OCH3 is 1. The van der Waals surface area contributed by atoms with Crippen LogP contribution in [0.5, 0.6) is 5.75 Å². The van der Waals surface area contributed by atoms with Crippen molar-refractivity contribution in [3.8, 4) is 5.75 Å². The topological polar surface area (TPSA) is 46.6 Å². The Morgan fingerprint density at radius 2 is 1.82 bits per heavy atom. The average Bonchev–Trinajstić information content (AvgIpc) is 2.54. The zero-order chi connectivity index (χ0) is 15.7. The molecule has 22 heavy (non-hydrogen) atoms. The van der Waals surface area contributed by atoms with Gasteiger partial charge in [0.15, 0.2) is 0 Å². The van der Waals surface area contributed by atoms with Gasteiger partial charge in [-0.25, -0.2) is 8.42 Å². The number of hydrogen-bond donors (Lipinski definition) is 0. The summed E-state index contributed by atoms with van der Waals surface area (Å²) in [5.74, 6) is 0.771. The van der Waals surface area contributed by atoms with Crippen LogP contribution in [0, 0.1) is 0 Å². The number of fused-ring (bicyclic) bond motifs is 1. The molecule has 0 N–H and O–H groups in total. The Labute approximate surface area is 131 Å². The van der Waals surface area contributed by atoms with Crippen LogP contribution in [-0.2, 0) is 10.0 Å². The van der Waals surface area contributed by atoms with Crippen molar-refractivity contribution in [3.05, 3.63) is 36.4 Å². The van der Waals surface area contributed by atoms with Gasteiger partial charge in [0.25, 0.3) is 0 Å². The zero-order valence-electron chi connectivity index (χ0n) is 13.0. The van der Waals surface area contributed by atoms with E-state index in [1.165, 1.54) is 0 Å². The molecule has 0 spiro atoms. The molecule has 1 saturated heterocycles. The second-order valence-electron chi connectivity index (χ2n) is 5.84. The molecular weight excluding hydrogens is 298 g/mol. The van der Waals surface area contributed by atoms with Gasteiger partial charge in [0, 0.05) is 12.6 Å². The summed E-state index contributed by atoms with van der Waals surface area (Å²) >= 11 is 0. The van der Waals surface area contributed by atoms with Gasteiger partial charge in [-0.15, -0.1) is 0 Å². The molecule has 0 saturated carbocycles. The molecular formula is C17H21NO3S. The summed E-state index contributed by atoms with van der Waals surface area (Å²) in [4.78, 5) is 0.374. The van der Waals surface area contributed by atoms with Crippen molar-refractivity contribution >= 4 is 20.8 Å². The highest BCUT2D eigenvalue weighted by Crippen LogP contribution is 2.28. The van der Waals surface area contributed by atoms with Gasteiger partial charge >= 0.3 is 0 Å². The van der Waals surface area contributed by atoms with Crippen LogP contribution in [0.15, 0.2) is 41.3 Å². The first kappa shape index (κ1) is 15.3. The first-order chi connectivity index (χ1) is 10.5. The summed E-state index contributed by atoms with van der Waals surface area (Å²) < 4.78 is 32.6. The van der Waals surface area contributed by atoms with Crippen molar-refractivity contribution in [2.24, 2.45) is 0 Å². The van der Waals surface area contributed by atoms with E-state index in [0.29, 0.717) is 11.4 Å². The van der Waals surface area contributed by atoms with E-state index in [2.05, 4.69) is 0 Å². The van der Waals surface area contributed by atoms with Gasteiger partial charge in [-0.3, -0.25) is 0 Å². The van der Waals surface area contributed by atoms with E-state index in [1.54, 1.807) is 23.5 Å². The number of nitrogens with zero attached hydrogens (tertiary/aromatic N) is 1. The smallest absolute Gasteiger partial charge is 0.243 e. The summed E-state index contributed by atoms with van der Waals surface area (Å²) in [7, 11) is -1.79. The molecule has 0 unspecified atom stereocenters. The first-order valence-electron chi connectivity index (χ1n) is 7.62. The number of rotatable bonds is 3. The third-order valence-corrected chi connectivity index (χ3v) is 6.38. The van der Waals surface area contributed by atoms with Crippen molar-refractivity contribution in [2.45, 2.75) is 37.1 Å². The molecule has 0 aliphatic carbocycles. The van der Waals surface area contributed by atoms with Gasteiger partial charge in [-0.2, -0.15) is 4.31 Å². The normalized spacial score (nSPS) is 20.2. The lowest BCUT2D eigenvalue weighted by molar-refractivity contribution is 0.268. The highest BCUT2D eigenvalue weighted by atomic mass is 32.2. The molecule has 2 aromatic rings. The Hall–Kier alpha value is -1.59. The third-order valence-electron chi connectivity index (χ3n) is 4.37. The van der Waals surface area contributed by atoms with E-state index in [9.17, 15) is 8.42 Å². The molecule has 0 bridgehead atoms. The second-order valence-corrected chi connectivity index (χ2v) is 7.73. The number of sulfonamides is 1. The molecule has 0 aromatic heterocycles. The minimum Gasteiger partial charge on any atom is -0.497 e. The fourth-order valence-electron chi connectivity index (χ4n) is 3.05. The van der Waals surface area contributed by atoms with Crippen LogP contribution >= 0.6 is 0 Å². The summed E-state index contributed by atoms with van der Waals surface area (Å²) in [5, 5.41) is 1.89. The number of hydrogen-bond acceptors (Lipinski definition) is 3. The fraction of sp³-hybridized carbons (Fsp3) is 0.412. The van der Waals surface area contributed by atoms with Gasteiger partial charge in [0.1, 0.15) is 5.75 Å². The predicted octanol–water partition coefficient (Wildman–Crippen LogP) is 3.41. The molecule has 2 aromatic carbocycles. The highest BCUT2D eigenvalue weighted by Gasteiger charge is 2.30. The lowest BCUT2D eigenvalue weighted by atomic mass is 10.1. The van der Waals surface area contributed by atoms with Gasteiger partial charge < -0.3 is 4.74 Å². The van der Waals surface area contributed by atoms with Crippen molar-refractivity contribution < 1.29 is 13.2 Å². The van der Waals surface area contributed by atoms with Gasteiger partial charge in [-0.05, 0) is 54.8 Å². The van der Waals surface area contributed by atoms with Crippen LogP contribution in [0.3, 0.4) is 0 Å². The first-order valence-corrected chi connectivity index (χ1v) is 9.06. The number of piperidine rings is 1. The predicted molar refractivity (Wildman–Crippen MR) is 87.7 cm³/mol. The maximum Gasteiger partial charge on any atom is 0.243 e. The Morgan fingerprint density at radius 3 is 2.55 bits per heavy atom. The van der Waals surface area contributed by atoms with Crippen LogP contribution in [0.2, 0.25) is 0 Å². The summed E-state index contributed by atoms with van der Waals surface area (Å²) in [5.41, 5.74) is 0. The molecule has 1 aliphatic rings. The maximum absolute atomic E-state index is 12.9. The van der Waals surface area contributed by atoms with Crippen molar-refractivity contribution in [3.63, 3.8) is 0 Å². The molecule has 1 atom stereocenters. The van der Waals surface area contributed by atoms with Crippen molar-refractivity contribution in [1.82, 2.24) is 4.31 Å². The molecule has 5 heteroatoms. The number of ether oxygens (including phenoxy) is 1. The Morgan fingerprint density at radius 1 is 1.09 bits per heavy atom. The van der Waals surface area contributed by atoms with Crippen LogP contribution in [-0.4, -0.2) is 32.4 Å². The molecule has 3 rings (SSSR count). The minimum atomic E-state index is -3.42.